The van der Waals surface area contributed by atoms with Crippen molar-refractivity contribution < 1.29 is 32.2 Å². The molecule has 36 heavy (non-hydrogen) atoms. The summed E-state index contributed by atoms with van der Waals surface area (Å²) in [5.74, 6) is -1.03. The highest BCUT2D eigenvalue weighted by molar-refractivity contribution is 7.90. The number of benzene rings is 2. The van der Waals surface area contributed by atoms with Crippen LogP contribution in [0.2, 0.25) is 0 Å². The van der Waals surface area contributed by atoms with E-state index in [1.54, 1.807) is 51.1 Å². The molecule has 0 saturated carbocycles. The van der Waals surface area contributed by atoms with E-state index in [2.05, 4.69) is 10.3 Å². The number of guanidine groups is 1. The Labute approximate surface area is 211 Å². The number of hydrogen-bond donors (Lipinski definition) is 2. The van der Waals surface area contributed by atoms with Crippen molar-refractivity contribution in [3.63, 3.8) is 0 Å². The Hall–Kier alpha value is -3.02. The van der Waals surface area contributed by atoms with Crippen LogP contribution in [0.25, 0.3) is 0 Å². The Kier molecular flexibility index (Phi) is 8.37. The number of sulfonamides is 1. The van der Waals surface area contributed by atoms with Crippen LogP contribution < -0.4 is 5.32 Å². The van der Waals surface area contributed by atoms with Crippen LogP contribution in [0.1, 0.15) is 44.7 Å². The molecule has 0 radical (unpaired) electrons. The molecule has 0 spiro atoms. The van der Waals surface area contributed by atoms with Gasteiger partial charge in [-0.1, -0.05) is 48.5 Å². The van der Waals surface area contributed by atoms with Crippen LogP contribution in [0.5, 0.6) is 0 Å². The van der Waals surface area contributed by atoms with Gasteiger partial charge in [-0.05, 0) is 45.2 Å². The second-order valence-corrected chi connectivity index (χ2v) is 11.4. The summed E-state index contributed by atoms with van der Waals surface area (Å²) in [6.07, 6.45) is -0.894. The summed E-state index contributed by atoms with van der Waals surface area (Å²) in [7, 11) is -3.13. The van der Waals surface area contributed by atoms with Gasteiger partial charge in [-0.15, -0.1) is 0 Å². The minimum absolute atomic E-state index is 0.0309. The zero-order valence-corrected chi connectivity index (χ0v) is 21.6. The third-order valence-corrected chi connectivity index (χ3v) is 7.56. The van der Waals surface area contributed by atoms with E-state index in [1.165, 1.54) is 25.2 Å². The molecule has 11 heteroatoms. The van der Waals surface area contributed by atoms with Crippen LogP contribution in [0.4, 0.5) is 9.18 Å². The lowest BCUT2D eigenvalue weighted by molar-refractivity contribution is 0.0263. The SMILES string of the molecule is CN1C(NC(=O)OC(C)(C)C)=NC(CCCO)(c2ccccc2F)C(OCc2ccccc2)S1(=O)=O. The molecule has 0 saturated heterocycles. The molecule has 3 rings (SSSR count). The van der Waals surface area contributed by atoms with Gasteiger partial charge < -0.3 is 14.6 Å². The van der Waals surface area contributed by atoms with Crippen molar-refractivity contribution in [2.24, 2.45) is 4.99 Å². The lowest BCUT2D eigenvalue weighted by Crippen LogP contribution is -2.60. The predicted molar refractivity (Wildman–Crippen MR) is 133 cm³/mol. The molecule has 9 nitrogen and oxygen atoms in total. The topological polar surface area (TPSA) is 118 Å². The third kappa shape index (κ3) is 6.03. The highest BCUT2D eigenvalue weighted by Crippen LogP contribution is 2.44. The Balaban J connectivity index is 2.17. The molecule has 0 aromatic heterocycles. The van der Waals surface area contributed by atoms with Crippen molar-refractivity contribution in [1.29, 1.82) is 0 Å². The van der Waals surface area contributed by atoms with Gasteiger partial charge in [-0.3, -0.25) is 5.32 Å². The maximum atomic E-state index is 15.2. The van der Waals surface area contributed by atoms with E-state index in [0.717, 1.165) is 4.31 Å². The summed E-state index contributed by atoms with van der Waals surface area (Å²) in [4.78, 5) is 17.1. The number of carbonyl (C=O) groups excluding carboxylic acids is 1. The van der Waals surface area contributed by atoms with Crippen LogP contribution in [-0.4, -0.2) is 54.6 Å². The van der Waals surface area contributed by atoms with E-state index in [9.17, 15) is 18.3 Å². The normalized spacial score (nSPS) is 21.6. The van der Waals surface area contributed by atoms with Gasteiger partial charge in [0.2, 0.25) is 11.4 Å². The average Bonchev–Trinajstić information content (AvgIpc) is 2.80. The zero-order valence-electron chi connectivity index (χ0n) is 20.8. The number of aliphatic hydroxyl groups excluding tert-OH is 1. The quantitative estimate of drug-likeness (QED) is 0.576. The van der Waals surface area contributed by atoms with E-state index < -0.39 is 38.5 Å². The highest BCUT2D eigenvalue weighted by Gasteiger charge is 2.55. The molecule has 2 N–H and O–H groups in total. The second kappa shape index (κ2) is 10.9. The second-order valence-electron chi connectivity index (χ2n) is 9.43. The van der Waals surface area contributed by atoms with Crippen molar-refractivity contribution in [1.82, 2.24) is 9.62 Å². The lowest BCUT2D eigenvalue weighted by atomic mass is 9.85. The number of aliphatic hydroxyl groups is 1. The number of amides is 1. The lowest BCUT2D eigenvalue weighted by Gasteiger charge is -2.43. The number of nitrogens with one attached hydrogen (secondary N) is 1. The highest BCUT2D eigenvalue weighted by atomic mass is 32.2. The zero-order chi connectivity index (χ0) is 26.6. The molecule has 2 atom stereocenters. The predicted octanol–water partition coefficient (Wildman–Crippen LogP) is 3.49. The van der Waals surface area contributed by atoms with Gasteiger partial charge in [0.05, 0.1) is 6.61 Å². The number of alkyl carbamates (subject to hydrolysis) is 1. The minimum Gasteiger partial charge on any atom is -0.444 e. The first-order chi connectivity index (χ1) is 16.9. The van der Waals surface area contributed by atoms with Gasteiger partial charge in [0, 0.05) is 19.2 Å². The first kappa shape index (κ1) is 27.6. The largest absolute Gasteiger partial charge is 0.444 e. The van der Waals surface area contributed by atoms with Crippen LogP contribution in [0, 0.1) is 5.82 Å². The average molecular weight is 522 g/mol. The number of nitrogens with zero attached hydrogens (tertiary/aromatic N) is 2. The van der Waals surface area contributed by atoms with Crippen LogP contribution in [0.15, 0.2) is 59.6 Å². The van der Waals surface area contributed by atoms with Crippen molar-refractivity contribution >= 4 is 22.1 Å². The summed E-state index contributed by atoms with van der Waals surface area (Å²) in [5.41, 5.74) is -3.63. The maximum Gasteiger partial charge on any atom is 0.414 e. The molecule has 2 aromatic rings. The van der Waals surface area contributed by atoms with Gasteiger partial charge in [0.1, 0.15) is 17.0 Å². The Bertz CT molecular complexity index is 1200. The molecular weight excluding hydrogens is 489 g/mol. The minimum atomic E-state index is -4.35. The number of ether oxygens (including phenoxy) is 2. The molecule has 2 aromatic carbocycles. The molecule has 0 aliphatic carbocycles. The fourth-order valence-corrected chi connectivity index (χ4v) is 5.60. The van der Waals surface area contributed by atoms with Gasteiger partial charge in [0.25, 0.3) is 10.0 Å². The van der Waals surface area contributed by atoms with E-state index in [0.29, 0.717) is 5.56 Å². The summed E-state index contributed by atoms with van der Waals surface area (Å²) >= 11 is 0. The van der Waals surface area contributed by atoms with Crippen molar-refractivity contribution in [3.8, 4) is 0 Å². The summed E-state index contributed by atoms with van der Waals surface area (Å²) in [6, 6.07) is 14.6. The smallest absolute Gasteiger partial charge is 0.414 e. The van der Waals surface area contributed by atoms with Crippen LogP contribution in [-0.2, 0) is 31.6 Å². The molecular formula is C25H32FN3O6S. The fraction of sp³-hybridized carbons (Fsp3) is 0.440. The molecule has 1 aliphatic heterocycles. The molecule has 196 valence electrons. The van der Waals surface area contributed by atoms with Gasteiger partial charge >= 0.3 is 6.09 Å². The van der Waals surface area contributed by atoms with Crippen LogP contribution >= 0.6 is 0 Å². The van der Waals surface area contributed by atoms with Gasteiger partial charge in [-0.25, -0.2) is 26.9 Å². The standard InChI is InChI=1S/C25H32FN3O6S/c1-24(2,3)35-23(31)27-22-28-25(15-10-16-30,19-13-8-9-14-20(19)26)21(36(32,33)29(22)4)34-17-18-11-6-5-7-12-18/h5-9,11-14,21,30H,10,15-17H2,1-4H3,(H,27,28,31). The monoisotopic (exact) mass is 521 g/mol. The molecule has 2 unspecified atom stereocenters. The number of aliphatic imine (C=N–C) groups is 1. The van der Waals surface area contributed by atoms with E-state index >= 15 is 4.39 Å². The van der Waals surface area contributed by atoms with E-state index in [1.807, 2.05) is 6.07 Å². The Morgan fingerprint density at radius 3 is 2.42 bits per heavy atom. The van der Waals surface area contributed by atoms with E-state index in [-0.39, 0.29) is 37.6 Å². The number of rotatable bonds is 7. The van der Waals surface area contributed by atoms with Crippen molar-refractivity contribution in [2.75, 3.05) is 13.7 Å². The molecule has 1 heterocycles. The summed E-state index contributed by atoms with van der Waals surface area (Å²) in [5, 5.41) is 12.0. The molecule has 1 amide bonds. The molecule has 0 bridgehead atoms. The first-order valence-electron chi connectivity index (χ1n) is 11.5. The Morgan fingerprint density at radius 1 is 1.17 bits per heavy atom. The third-order valence-electron chi connectivity index (χ3n) is 5.56. The van der Waals surface area contributed by atoms with Gasteiger partial charge in [-0.2, -0.15) is 0 Å². The maximum absolute atomic E-state index is 15.2. The van der Waals surface area contributed by atoms with Crippen molar-refractivity contribution in [2.45, 2.75) is 56.8 Å². The van der Waals surface area contributed by atoms with Crippen LogP contribution in [0.3, 0.4) is 0 Å². The molecule has 1 aliphatic rings. The van der Waals surface area contributed by atoms with Gasteiger partial charge in [0.15, 0.2) is 0 Å². The summed E-state index contributed by atoms with van der Waals surface area (Å²) < 4.78 is 54.9. The summed E-state index contributed by atoms with van der Waals surface area (Å²) in [6.45, 7) is 4.61. The van der Waals surface area contributed by atoms with E-state index in [4.69, 9.17) is 9.47 Å². The number of carbonyl (C=O) groups is 1. The Morgan fingerprint density at radius 2 is 1.81 bits per heavy atom. The first-order valence-corrected chi connectivity index (χ1v) is 13.0. The number of halogens is 1. The number of hydrogen-bond acceptors (Lipinski definition) is 7. The van der Waals surface area contributed by atoms with Crippen molar-refractivity contribution in [3.05, 3.63) is 71.5 Å². The fourth-order valence-electron chi connectivity index (χ4n) is 3.95. The molecule has 0 fully saturated rings.